The first kappa shape index (κ1) is 22.5. The summed E-state index contributed by atoms with van der Waals surface area (Å²) in [6.45, 7) is 1.21. The van der Waals surface area contributed by atoms with Crippen LogP contribution in [0.25, 0.3) is 0 Å². The monoisotopic (exact) mass is 508 g/mol. The highest BCUT2D eigenvalue weighted by Gasteiger charge is 2.73. The van der Waals surface area contributed by atoms with Gasteiger partial charge in [-0.2, -0.15) is 0 Å². The molecule has 0 saturated carbocycles. The van der Waals surface area contributed by atoms with Crippen molar-refractivity contribution in [2.75, 3.05) is 0 Å². The van der Waals surface area contributed by atoms with Crippen LogP contribution in [0, 0.1) is 0 Å². The third kappa shape index (κ3) is 3.94. The Morgan fingerprint density at radius 1 is 0.579 bits per heavy atom. The second kappa shape index (κ2) is 6.77. The molecule has 0 unspecified atom stereocenters. The molecule has 0 radical (unpaired) electrons. The van der Waals surface area contributed by atoms with E-state index in [4.69, 9.17) is 139 Å². The molecule has 0 amide bonds. The van der Waals surface area contributed by atoms with Gasteiger partial charge < -0.3 is 0 Å². The van der Waals surface area contributed by atoms with E-state index >= 15 is 0 Å². The molecule has 0 rings (SSSR count). The van der Waals surface area contributed by atoms with E-state index in [1.54, 1.807) is 0 Å². The normalized spacial score (nSPS) is 16.1. The average molecular weight is 514 g/mol. The molecule has 12 heteroatoms. The lowest BCUT2D eigenvalue weighted by Gasteiger charge is -2.49. The van der Waals surface area contributed by atoms with Crippen molar-refractivity contribution in [3.63, 3.8) is 0 Å². The molecule has 0 aliphatic rings. The Bertz CT molecular complexity index is 323. The highest BCUT2D eigenvalue weighted by molar-refractivity contribution is 6.77. The van der Waals surface area contributed by atoms with Crippen LogP contribution in [0.2, 0.25) is 0 Å². The van der Waals surface area contributed by atoms with E-state index in [2.05, 4.69) is 0 Å². The minimum Gasteiger partial charge on any atom is -0.102 e. The third-order valence-corrected chi connectivity index (χ3v) is 9.87. The van der Waals surface area contributed by atoms with Crippen LogP contribution in [0.5, 0.6) is 0 Å². The topological polar surface area (TPSA) is 0 Å². The van der Waals surface area contributed by atoms with Crippen molar-refractivity contribution < 1.29 is 0 Å². The summed E-state index contributed by atoms with van der Waals surface area (Å²) in [6, 6.07) is 0. The SMILES string of the molecule is CC(Cl)(Cl)C(Cl)(Cl)C(Cl)(Cl)C(Cl)(Cl)C(Cl)(Cl)C(Cl)Cl. The van der Waals surface area contributed by atoms with E-state index in [0.29, 0.717) is 0 Å². The fraction of sp³-hybridized carbons (Fsp3) is 1.00. The van der Waals surface area contributed by atoms with Crippen molar-refractivity contribution in [1.29, 1.82) is 0 Å². The van der Waals surface area contributed by atoms with Gasteiger partial charge in [0.1, 0.15) is 4.84 Å². The van der Waals surface area contributed by atoms with Crippen molar-refractivity contribution in [1.82, 2.24) is 0 Å². The molecule has 0 bridgehead atoms. The Morgan fingerprint density at radius 2 is 0.895 bits per heavy atom. The zero-order valence-electron chi connectivity index (χ0n) is 8.61. The zero-order chi connectivity index (χ0) is 16.1. The van der Waals surface area contributed by atoms with Crippen LogP contribution in [-0.2, 0) is 0 Å². The number of rotatable bonds is 5. The smallest absolute Gasteiger partial charge is 0.102 e. The van der Waals surface area contributed by atoms with E-state index in [1.165, 1.54) is 6.92 Å². The minimum atomic E-state index is -2.45. The molecule has 0 aromatic rings. The molecule has 0 heterocycles. The van der Waals surface area contributed by atoms with Gasteiger partial charge in [-0.1, -0.05) is 116 Å². The lowest BCUT2D eigenvalue weighted by atomic mass is 10.1. The van der Waals surface area contributed by atoms with Crippen LogP contribution in [0.1, 0.15) is 6.92 Å². The number of alkyl halides is 12. The van der Waals surface area contributed by atoms with E-state index in [0.717, 1.165) is 0 Å². The van der Waals surface area contributed by atoms with Crippen LogP contribution >= 0.6 is 139 Å². The maximum absolute atomic E-state index is 6.02. The standard InChI is InChI=1S/C7H4Cl12/c1-3(10,11)5(14,15)7(18,19)6(16,17)4(12,13)2(8)9/h2H,1H3. The van der Waals surface area contributed by atoms with Gasteiger partial charge in [-0.15, -0.1) is 23.2 Å². The van der Waals surface area contributed by atoms with Crippen LogP contribution < -0.4 is 0 Å². The Balaban J connectivity index is 5.92. The molecule has 0 aromatic heterocycles. The lowest BCUT2D eigenvalue weighted by molar-refractivity contribution is 0.515. The van der Waals surface area contributed by atoms with Gasteiger partial charge in [0.05, 0.1) is 0 Å². The molecular weight excluding hydrogens is 510 g/mol. The van der Waals surface area contributed by atoms with Crippen LogP contribution in [0.3, 0.4) is 0 Å². The average Bonchev–Trinajstić information content (AvgIpc) is 2.14. The molecule has 0 atom stereocenters. The van der Waals surface area contributed by atoms with Crippen LogP contribution in [0.4, 0.5) is 0 Å². The first-order chi connectivity index (χ1) is 7.94. The summed E-state index contributed by atoms with van der Waals surface area (Å²) in [5.41, 5.74) is 0. The first-order valence-corrected chi connectivity index (χ1v) is 8.77. The Labute approximate surface area is 171 Å². The quantitative estimate of drug-likeness (QED) is 0.331. The van der Waals surface area contributed by atoms with Gasteiger partial charge in [-0.25, -0.2) is 0 Å². The molecular formula is C7H4Cl12. The van der Waals surface area contributed by atoms with E-state index in [-0.39, 0.29) is 0 Å². The molecule has 0 aliphatic carbocycles. The zero-order valence-corrected chi connectivity index (χ0v) is 17.7. The second-order valence-corrected chi connectivity index (χ2v) is 11.7. The fourth-order valence-corrected chi connectivity index (χ4v) is 3.98. The van der Waals surface area contributed by atoms with E-state index < -0.39 is 26.5 Å². The summed E-state index contributed by atoms with van der Waals surface area (Å²) in [7, 11) is 0. The Morgan fingerprint density at radius 3 is 1.11 bits per heavy atom. The molecule has 116 valence electrons. The van der Waals surface area contributed by atoms with Gasteiger partial charge in [0, 0.05) is 0 Å². The molecule has 0 aliphatic heterocycles. The molecule has 19 heavy (non-hydrogen) atoms. The van der Waals surface area contributed by atoms with Crippen molar-refractivity contribution >= 4 is 139 Å². The maximum atomic E-state index is 6.02. The summed E-state index contributed by atoms with van der Waals surface area (Å²) >= 11 is 70.5. The summed E-state index contributed by atoms with van der Waals surface area (Å²) in [5.74, 6) is 0. The highest BCUT2D eigenvalue weighted by Crippen LogP contribution is 2.66. The van der Waals surface area contributed by atoms with Crippen molar-refractivity contribution in [3.8, 4) is 0 Å². The molecule has 0 aromatic carbocycles. The Kier molecular flexibility index (Phi) is 8.01. The maximum Gasteiger partial charge on any atom is 0.189 e. The van der Waals surface area contributed by atoms with Gasteiger partial charge >= 0.3 is 0 Å². The predicted molar refractivity (Wildman–Crippen MR) is 93.4 cm³/mol. The van der Waals surface area contributed by atoms with Gasteiger partial charge in [-0.3, -0.25) is 0 Å². The molecule has 0 nitrogen and oxygen atoms in total. The fourth-order valence-electron chi connectivity index (χ4n) is 0.819. The van der Waals surface area contributed by atoms with Crippen molar-refractivity contribution in [3.05, 3.63) is 0 Å². The van der Waals surface area contributed by atoms with E-state index in [9.17, 15) is 0 Å². The van der Waals surface area contributed by atoms with Gasteiger partial charge in [0.25, 0.3) is 0 Å². The summed E-state index contributed by atoms with van der Waals surface area (Å²) in [5, 5.41) is 0. The van der Waals surface area contributed by atoms with Gasteiger partial charge in [0.15, 0.2) is 21.7 Å². The van der Waals surface area contributed by atoms with Crippen molar-refractivity contribution in [2.24, 2.45) is 0 Å². The summed E-state index contributed by atoms with van der Waals surface area (Å²) in [6.07, 6.45) is 0. The van der Waals surface area contributed by atoms with Gasteiger partial charge in [-0.05, 0) is 6.92 Å². The molecule has 0 N–H and O–H groups in total. The minimum absolute atomic E-state index is 1.21. The summed E-state index contributed by atoms with van der Waals surface area (Å²) < 4.78 is -11.3. The first-order valence-electron chi connectivity index (χ1n) is 4.11. The molecule has 0 saturated heterocycles. The number of hydrogen-bond donors (Lipinski definition) is 0. The predicted octanol–water partition coefficient (Wildman–Crippen LogP) is 7.68. The molecule has 0 fully saturated rings. The largest absolute Gasteiger partial charge is 0.189 e. The number of halogens is 12. The molecule has 0 spiro atoms. The number of hydrogen-bond acceptors (Lipinski definition) is 0. The lowest BCUT2D eigenvalue weighted by Crippen LogP contribution is -2.63. The van der Waals surface area contributed by atoms with E-state index in [1.807, 2.05) is 0 Å². The van der Waals surface area contributed by atoms with Crippen LogP contribution in [0.15, 0.2) is 0 Å². The van der Waals surface area contributed by atoms with Crippen LogP contribution in [-0.4, -0.2) is 26.5 Å². The Hall–Kier alpha value is 3.48. The van der Waals surface area contributed by atoms with Crippen molar-refractivity contribution in [2.45, 2.75) is 33.4 Å². The van der Waals surface area contributed by atoms with Gasteiger partial charge in [0.2, 0.25) is 0 Å². The highest BCUT2D eigenvalue weighted by atomic mass is 35.6. The third-order valence-electron chi connectivity index (χ3n) is 2.03. The summed E-state index contributed by atoms with van der Waals surface area (Å²) in [4.78, 5) is -1.48. The second-order valence-electron chi connectivity index (χ2n) is 3.54.